The van der Waals surface area contributed by atoms with Crippen molar-refractivity contribution in [2.75, 3.05) is 20.1 Å². The number of imidazole rings is 1. The van der Waals surface area contributed by atoms with E-state index in [0.29, 0.717) is 5.92 Å². The Balaban J connectivity index is 1.21. The third kappa shape index (κ3) is 6.99. The predicted molar refractivity (Wildman–Crippen MR) is 183 cm³/mol. The molecule has 1 heterocycles. The number of nitrogens with zero attached hydrogens (tertiary/aromatic N) is 2. The summed E-state index contributed by atoms with van der Waals surface area (Å²) in [6, 6.07) is 16.9. The molecule has 1 fully saturated rings. The molecular formula is C37H53N3O3Si. The highest BCUT2D eigenvalue weighted by atomic mass is 28.4. The summed E-state index contributed by atoms with van der Waals surface area (Å²) in [7, 11) is 0.226. The van der Waals surface area contributed by atoms with Gasteiger partial charge in [-0.1, -0.05) is 77.1 Å². The number of aromatic nitrogens is 2. The van der Waals surface area contributed by atoms with E-state index in [0.717, 1.165) is 67.8 Å². The largest absolute Gasteiger partial charge is 0.542 e. The Kier molecular flexibility index (Phi) is 9.48. The molecule has 0 aliphatic heterocycles. The van der Waals surface area contributed by atoms with E-state index in [1.807, 2.05) is 13.8 Å². The Morgan fingerprint density at radius 2 is 1.84 bits per heavy atom. The van der Waals surface area contributed by atoms with Gasteiger partial charge in [0.25, 0.3) is 8.32 Å². The molecule has 6 rings (SSSR count). The quantitative estimate of drug-likeness (QED) is 0.163. The van der Waals surface area contributed by atoms with E-state index < -0.39 is 13.9 Å². The topological polar surface area (TPSA) is 67.4 Å². The lowest BCUT2D eigenvalue weighted by atomic mass is 9.60. The van der Waals surface area contributed by atoms with Crippen LogP contribution in [0.25, 0.3) is 16.6 Å². The first-order chi connectivity index (χ1) is 20.8. The molecular weight excluding hydrogens is 563 g/mol. The Bertz CT molecular complexity index is 1470. The number of H-pyrrole nitrogens is 1. The smallest absolute Gasteiger partial charge is 0.308 e. The van der Waals surface area contributed by atoms with Crippen molar-refractivity contribution >= 4 is 30.9 Å². The van der Waals surface area contributed by atoms with Crippen molar-refractivity contribution in [2.45, 2.75) is 96.9 Å². The number of hydrogen-bond acceptors (Lipinski definition) is 5. The summed E-state index contributed by atoms with van der Waals surface area (Å²) >= 11 is 0. The van der Waals surface area contributed by atoms with Crippen LogP contribution in [0.3, 0.4) is 0 Å². The van der Waals surface area contributed by atoms with Crippen LogP contribution in [0.15, 0.2) is 54.6 Å². The van der Waals surface area contributed by atoms with Crippen LogP contribution < -0.4 is 4.43 Å². The summed E-state index contributed by atoms with van der Waals surface area (Å²) in [4.78, 5) is 23.9. The number of esters is 1. The molecule has 2 aromatic carbocycles. The van der Waals surface area contributed by atoms with Gasteiger partial charge in [-0.15, -0.1) is 0 Å². The van der Waals surface area contributed by atoms with E-state index in [4.69, 9.17) is 14.1 Å². The minimum atomic E-state index is -1.96. The van der Waals surface area contributed by atoms with E-state index in [1.54, 1.807) is 0 Å². The number of ether oxygens (including phenoxy) is 1. The second kappa shape index (κ2) is 12.8. The van der Waals surface area contributed by atoms with Crippen LogP contribution in [-0.4, -0.2) is 54.9 Å². The lowest BCUT2D eigenvalue weighted by Gasteiger charge is -2.50. The molecule has 238 valence electrons. The van der Waals surface area contributed by atoms with Crippen LogP contribution in [0.2, 0.25) is 18.1 Å². The second-order valence-corrected chi connectivity index (χ2v) is 19.8. The van der Waals surface area contributed by atoms with Crippen molar-refractivity contribution in [3.05, 3.63) is 66.0 Å². The number of carbonyl (C=O) groups excluding carboxylic acids is 1. The van der Waals surface area contributed by atoms with Gasteiger partial charge in [0.05, 0.1) is 11.4 Å². The van der Waals surface area contributed by atoms with Crippen LogP contribution in [0.4, 0.5) is 0 Å². The average Bonchev–Trinajstić information content (AvgIpc) is 3.40. The van der Waals surface area contributed by atoms with Crippen LogP contribution >= 0.6 is 0 Å². The number of para-hydroxylation sites is 1. The van der Waals surface area contributed by atoms with E-state index >= 15 is 0 Å². The van der Waals surface area contributed by atoms with Gasteiger partial charge in [0, 0.05) is 25.3 Å². The number of benzene rings is 2. The van der Waals surface area contributed by atoms with Gasteiger partial charge in [-0.05, 0) is 86.6 Å². The number of rotatable bonds is 12. The van der Waals surface area contributed by atoms with Gasteiger partial charge in [-0.25, -0.2) is 4.98 Å². The Hall–Kier alpha value is -2.90. The van der Waals surface area contributed by atoms with Gasteiger partial charge in [0.15, 0.2) is 0 Å². The van der Waals surface area contributed by atoms with Gasteiger partial charge in [0.1, 0.15) is 22.7 Å². The third-order valence-electron chi connectivity index (χ3n) is 10.4. The number of carbonyl (C=O) groups is 1. The van der Waals surface area contributed by atoms with E-state index in [2.05, 4.69) is 105 Å². The molecule has 0 spiro atoms. The lowest BCUT2D eigenvalue weighted by molar-refractivity contribution is -0.176. The molecule has 1 saturated carbocycles. The molecule has 0 amide bonds. The Labute approximate surface area is 265 Å². The molecule has 3 aliphatic carbocycles. The summed E-state index contributed by atoms with van der Waals surface area (Å²) in [6.45, 7) is 17.1. The molecule has 1 N–H and O–H groups in total. The maximum atomic E-state index is 13.0. The molecule has 7 heteroatoms. The molecule has 0 radical (unpaired) electrons. The molecule has 2 bridgehead atoms. The van der Waals surface area contributed by atoms with Crippen LogP contribution in [-0.2, 0) is 16.0 Å². The Morgan fingerprint density at radius 3 is 2.50 bits per heavy atom. The number of aromatic amines is 1. The number of fused-ring (bicyclic) bond motifs is 3. The summed E-state index contributed by atoms with van der Waals surface area (Å²) < 4.78 is 13.1. The SMILES string of the molecule is CC(C)C(=O)O[C@@]1(CCN(C)CCCc2nc3c(O[Si](C)(C)C(C)(C)C)cccc3[nH]2)C[C@H]2CC[C@@H]1C=C2c1ccccc1. The first-order valence-electron chi connectivity index (χ1n) is 16.6. The lowest BCUT2D eigenvalue weighted by Crippen LogP contribution is -2.51. The van der Waals surface area contributed by atoms with Gasteiger partial charge in [-0.2, -0.15) is 0 Å². The summed E-state index contributed by atoms with van der Waals surface area (Å²) in [5, 5.41) is 0.127. The summed E-state index contributed by atoms with van der Waals surface area (Å²) in [6.07, 6.45) is 8.35. The molecule has 0 unspecified atom stereocenters. The van der Waals surface area contributed by atoms with Crippen molar-refractivity contribution in [3.8, 4) is 5.75 Å². The minimum Gasteiger partial charge on any atom is -0.542 e. The zero-order valence-corrected chi connectivity index (χ0v) is 29.2. The number of hydrogen-bond donors (Lipinski definition) is 1. The van der Waals surface area contributed by atoms with Crippen molar-refractivity contribution in [2.24, 2.45) is 17.8 Å². The zero-order chi connectivity index (χ0) is 31.7. The normalized spacial score (nSPS) is 22.1. The van der Waals surface area contributed by atoms with Crippen LogP contribution in [0.5, 0.6) is 5.75 Å². The monoisotopic (exact) mass is 615 g/mol. The highest BCUT2D eigenvalue weighted by Gasteiger charge is 2.50. The minimum absolute atomic E-state index is 0.0725. The van der Waals surface area contributed by atoms with Crippen molar-refractivity contribution in [1.29, 1.82) is 0 Å². The van der Waals surface area contributed by atoms with Crippen LogP contribution in [0, 0.1) is 17.8 Å². The van der Waals surface area contributed by atoms with Gasteiger partial charge in [0.2, 0.25) is 0 Å². The fourth-order valence-corrected chi connectivity index (χ4v) is 7.62. The molecule has 44 heavy (non-hydrogen) atoms. The number of aryl methyl sites for hydroxylation is 1. The first-order valence-corrected chi connectivity index (χ1v) is 19.5. The van der Waals surface area contributed by atoms with Gasteiger partial charge in [-0.3, -0.25) is 4.79 Å². The number of nitrogens with one attached hydrogen (secondary N) is 1. The van der Waals surface area contributed by atoms with E-state index in [-0.39, 0.29) is 22.8 Å². The van der Waals surface area contributed by atoms with Gasteiger partial charge >= 0.3 is 5.97 Å². The highest BCUT2D eigenvalue weighted by Crippen LogP contribution is 2.53. The van der Waals surface area contributed by atoms with Crippen molar-refractivity contribution in [1.82, 2.24) is 14.9 Å². The van der Waals surface area contributed by atoms with Gasteiger partial charge < -0.3 is 19.0 Å². The second-order valence-electron chi connectivity index (χ2n) is 15.1. The third-order valence-corrected chi connectivity index (χ3v) is 14.7. The molecule has 0 saturated heterocycles. The molecule has 6 nitrogen and oxygen atoms in total. The van der Waals surface area contributed by atoms with Crippen molar-refractivity contribution in [3.63, 3.8) is 0 Å². The van der Waals surface area contributed by atoms with Crippen LogP contribution in [0.1, 0.15) is 78.1 Å². The maximum Gasteiger partial charge on any atom is 0.308 e. The fraction of sp³-hybridized carbons (Fsp3) is 0.568. The Morgan fingerprint density at radius 1 is 1.09 bits per heavy atom. The van der Waals surface area contributed by atoms with Crippen molar-refractivity contribution < 1.29 is 14.0 Å². The van der Waals surface area contributed by atoms with E-state index in [1.165, 1.54) is 17.6 Å². The molecule has 3 aliphatic rings. The number of allylic oxidation sites excluding steroid dienone is 1. The highest BCUT2D eigenvalue weighted by molar-refractivity contribution is 6.74. The fourth-order valence-electron chi connectivity index (χ4n) is 6.60. The predicted octanol–water partition coefficient (Wildman–Crippen LogP) is 8.65. The first kappa shape index (κ1) is 32.5. The maximum absolute atomic E-state index is 13.0. The molecule has 3 aromatic rings. The molecule has 3 atom stereocenters. The summed E-state index contributed by atoms with van der Waals surface area (Å²) in [5.74, 6) is 2.39. The average molecular weight is 616 g/mol. The summed E-state index contributed by atoms with van der Waals surface area (Å²) in [5.41, 5.74) is 4.30. The standard InChI is InChI=1S/C37H53N3O3Si/c1-26(2)35(41)42-37(25-28-19-20-29(37)24-30(28)27-14-10-9-11-15-27)21-23-40(6)22-13-18-33-38-31-16-12-17-32(34(31)39-33)43-44(7,8)36(3,4)5/h9-12,14-17,24,26,28-29H,13,18-23,25H2,1-8H3,(H,38,39)/t28-,29-,37+/m1/s1. The molecule has 1 aromatic heterocycles. The van der Waals surface area contributed by atoms with E-state index in [9.17, 15) is 4.79 Å². The zero-order valence-electron chi connectivity index (χ0n) is 28.2.